The van der Waals surface area contributed by atoms with Crippen LogP contribution in [0.5, 0.6) is 0 Å². The number of halogens is 1. The number of amides is 1. The SMILES string of the molecule is Cc1cnc(Cl)c(NC2CCN(CC(=O)N(C)C)CC2)c1. The summed E-state index contributed by atoms with van der Waals surface area (Å²) in [5, 5.41) is 3.99. The maximum atomic E-state index is 11.7. The standard InChI is InChI=1S/C15H23ClN4O/c1-11-8-13(15(16)17-9-11)18-12-4-6-20(7-5-12)10-14(21)19(2)3/h8-9,12,18H,4-7,10H2,1-3H3. The lowest BCUT2D eigenvalue weighted by Crippen LogP contribution is -2.43. The predicted octanol–water partition coefficient (Wildman–Crippen LogP) is 2.01. The molecule has 1 N–H and O–H groups in total. The van der Waals surface area contributed by atoms with Crippen LogP contribution < -0.4 is 5.32 Å². The van der Waals surface area contributed by atoms with Crippen LogP contribution in [0, 0.1) is 6.92 Å². The Morgan fingerprint density at radius 1 is 1.48 bits per heavy atom. The molecule has 0 spiro atoms. The van der Waals surface area contributed by atoms with Crippen LogP contribution in [0.25, 0.3) is 0 Å². The van der Waals surface area contributed by atoms with Crippen molar-refractivity contribution in [3.8, 4) is 0 Å². The third-order valence-corrected chi connectivity index (χ3v) is 4.08. The summed E-state index contributed by atoms with van der Waals surface area (Å²) in [4.78, 5) is 19.7. The zero-order valence-electron chi connectivity index (χ0n) is 12.9. The van der Waals surface area contributed by atoms with Crippen molar-refractivity contribution in [2.45, 2.75) is 25.8 Å². The fraction of sp³-hybridized carbons (Fsp3) is 0.600. The van der Waals surface area contributed by atoms with Gasteiger partial charge in [0.1, 0.15) is 0 Å². The summed E-state index contributed by atoms with van der Waals surface area (Å²) in [5.74, 6) is 0.160. The van der Waals surface area contributed by atoms with Crippen molar-refractivity contribution in [3.05, 3.63) is 23.0 Å². The molecule has 0 aromatic carbocycles. The average Bonchev–Trinajstić information content (AvgIpc) is 2.45. The number of nitrogens with one attached hydrogen (secondary N) is 1. The van der Waals surface area contributed by atoms with Crippen molar-refractivity contribution < 1.29 is 4.79 Å². The number of hydrogen-bond acceptors (Lipinski definition) is 4. The van der Waals surface area contributed by atoms with E-state index in [4.69, 9.17) is 11.6 Å². The zero-order chi connectivity index (χ0) is 15.4. The van der Waals surface area contributed by atoms with Gasteiger partial charge >= 0.3 is 0 Å². The van der Waals surface area contributed by atoms with Gasteiger partial charge in [0.25, 0.3) is 0 Å². The van der Waals surface area contributed by atoms with Gasteiger partial charge in [0, 0.05) is 39.4 Å². The lowest BCUT2D eigenvalue weighted by atomic mass is 10.0. The molecule has 6 heteroatoms. The minimum absolute atomic E-state index is 0.160. The molecule has 0 bridgehead atoms. The van der Waals surface area contributed by atoms with Crippen LogP contribution in [0.3, 0.4) is 0 Å². The summed E-state index contributed by atoms with van der Waals surface area (Å²) in [6.45, 7) is 4.36. The Hall–Kier alpha value is -1.33. The monoisotopic (exact) mass is 310 g/mol. The van der Waals surface area contributed by atoms with E-state index in [0.717, 1.165) is 37.2 Å². The van der Waals surface area contributed by atoms with Gasteiger partial charge in [-0.2, -0.15) is 0 Å². The van der Waals surface area contributed by atoms with E-state index < -0.39 is 0 Å². The number of anilines is 1. The number of aromatic nitrogens is 1. The number of carbonyl (C=O) groups is 1. The molecule has 1 fully saturated rings. The van der Waals surface area contributed by atoms with Gasteiger partial charge in [0.05, 0.1) is 12.2 Å². The second-order valence-corrected chi connectivity index (χ2v) is 6.19. The van der Waals surface area contributed by atoms with Gasteiger partial charge in [-0.3, -0.25) is 9.69 Å². The fourth-order valence-corrected chi connectivity index (χ4v) is 2.60. The van der Waals surface area contributed by atoms with E-state index in [1.54, 1.807) is 25.2 Å². The minimum Gasteiger partial charge on any atom is -0.380 e. The summed E-state index contributed by atoms with van der Waals surface area (Å²) in [7, 11) is 3.59. The van der Waals surface area contributed by atoms with Crippen molar-refractivity contribution in [3.63, 3.8) is 0 Å². The first-order chi connectivity index (χ1) is 9.95. The first kappa shape index (κ1) is 16.0. The third-order valence-electron chi connectivity index (χ3n) is 3.78. The maximum absolute atomic E-state index is 11.7. The van der Waals surface area contributed by atoms with Gasteiger partial charge < -0.3 is 10.2 Å². The topological polar surface area (TPSA) is 48.5 Å². The highest BCUT2D eigenvalue weighted by molar-refractivity contribution is 6.31. The number of likely N-dealkylation sites (N-methyl/N-ethyl adjacent to an activating group) is 1. The number of hydrogen-bond donors (Lipinski definition) is 1. The first-order valence-corrected chi connectivity index (χ1v) is 7.64. The van der Waals surface area contributed by atoms with Crippen molar-refractivity contribution in [2.75, 3.05) is 39.0 Å². The summed E-state index contributed by atoms with van der Waals surface area (Å²) >= 11 is 6.11. The number of piperidine rings is 1. The summed E-state index contributed by atoms with van der Waals surface area (Å²) < 4.78 is 0. The molecule has 5 nitrogen and oxygen atoms in total. The highest BCUT2D eigenvalue weighted by atomic mass is 35.5. The van der Waals surface area contributed by atoms with Crippen LogP contribution >= 0.6 is 11.6 Å². The van der Waals surface area contributed by atoms with E-state index in [9.17, 15) is 4.79 Å². The van der Waals surface area contributed by atoms with Crippen LogP contribution in [0.15, 0.2) is 12.3 Å². The molecule has 0 saturated carbocycles. The normalized spacial score (nSPS) is 16.8. The van der Waals surface area contributed by atoms with Gasteiger partial charge in [0.15, 0.2) is 5.15 Å². The highest BCUT2D eigenvalue weighted by Gasteiger charge is 2.21. The summed E-state index contributed by atoms with van der Waals surface area (Å²) in [6, 6.07) is 2.41. The number of nitrogens with zero attached hydrogens (tertiary/aromatic N) is 3. The summed E-state index contributed by atoms with van der Waals surface area (Å²) in [6.07, 6.45) is 3.78. The molecule has 1 aliphatic heterocycles. The highest BCUT2D eigenvalue weighted by Crippen LogP contribution is 2.23. The van der Waals surface area contributed by atoms with Crippen molar-refractivity contribution in [2.24, 2.45) is 0 Å². The fourth-order valence-electron chi connectivity index (χ4n) is 2.44. The molecule has 0 atom stereocenters. The molecular formula is C15H23ClN4O. The average molecular weight is 311 g/mol. The molecule has 21 heavy (non-hydrogen) atoms. The van der Waals surface area contributed by atoms with Crippen molar-refractivity contribution >= 4 is 23.2 Å². The number of likely N-dealkylation sites (tertiary alicyclic amines) is 1. The third kappa shape index (κ3) is 4.58. The molecule has 0 radical (unpaired) electrons. The Morgan fingerprint density at radius 3 is 2.76 bits per heavy atom. The van der Waals surface area contributed by atoms with E-state index >= 15 is 0 Å². The molecule has 2 heterocycles. The quantitative estimate of drug-likeness (QED) is 0.864. The Bertz CT molecular complexity index is 498. The van der Waals surface area contributed by atoms with E-state index in [2.05, 4.69) is 15.2 Å². The van der Waals surface area contributed by atoms with Crippen LogP contribution in [0.4, 0.5) is 5.69 Å². The molecule has 1 aromatic rings. The largest absolute Gasteiger partial charge is 0.380 e. The number of pyridine rings is 1. The molecule has 0 aliphatic carbocycles. The molecule has 1 aromatic heterocycles. The van der Waals surface area contributed by atoms with Crippen LogP contribution in [-0.4, -0.2) is 60.5 Å². The lowest BCUT2D eigenvalue weighted by molar-refractivity contribution is -0.130. The smallest absolute Gasteiger partial charge is 0.236 e. The molecule has 0 unspecified atom stereocenters. The maximum Gasteiger partial charge on any atom is 0.236 e. The van der Waals surface area contributed by atoms with Crippen LogP contribution in [-0.2, 0) is 4.79 Å². The van der Waals surface area contributed by atoms with Gasteiger partial charge in [-0.25, -0.2) is 4.98 Å². The van der Waals surface area contributed by atoms with Gasteiger partial charge in [0.2, 0.25) is 5.91 Å². The molecular weight excluding hydrogens is 288 g/mol. The number of aryl methyl sites for hydroxylation is 1. The predicted molar refractivity (Wildman–Crippen MR) is 85.8 cm³/mol. The Morgan fingerprint density at radius 2 is 2.14 bits per heavy atom. The molecule has 1 amide bonds. The second kappa shape index (κ2) is 7.09. The van der Waals surface area contributed by atoms with E-state index in [1.165, 1.54) is 0 Å². The Kier molecular flexibility index (Phi) is 5.42. The van der Waals surface area contributed by atoms with Gasteiger partial charge in [-0.1, -0.05) is 11.6 Å². The van der Waals surface area contributed by atoms with Crippen LogP contribution in [0.1, 0.15) is 18.4 Å². The first-order valence-electron chi connectivity index (χ1n) is 7.27. The second-order valence-electron chi connectivity index (χ2n) is 5.83. The van der Waals surface area contributed by atoms with Gasteiger partial charge in [-0.15, -0.1) is 0 Å². The van der Waals surface area contributed by atoms with Crippen molar-refractivity contribution in [1.82, 2.24) is 14.8 Å². The van der Waals surface area contributed by atoms with Gasteiger partial charge in [-0.05, 0) is 31.4 Å². The number of rotatable bonds is 4. The lowest BCUT2D eigenvalue weighted by Gasteiger charge is -2.33. The summed E-state index contributed by atoms with van der Waals surface area (Å²) in [5.41, 5.74) is 2.00. The van der Waals surface area contributed by atoms with E-state index in [0.29, 0.717) is 17.7 Å². The molecule has 116 valence electrons. The Labute approximate surface area is 131 Å². The van der Waals surface area contributed by atoms with E-state index in [1.807, 2.05) is 13.0 Å². The van der Waals surface area contributed by atoms with Crippen LogP contribution in [0.2, 0.25) is 5.15 Å². The number of carbonyl (C=O) groups excluding carboxylic acids is 1. The van der Waals surface area contributed by atoms with Crippen molar-refractivity contribution in [1.29, 1.82) is 0 Å². The zero-order valence-corrected chi connectivity index (χ0v) is 13.7. The van der Waals surface area contributed by atoms with E-state index in [-0.39, 0.29) is 5.91 Å². The molecule has 1 aliphatic rings. The molecule has 2 rings (SSSR count). The molecule has 1 saturated heterocycles. The Balaban J connectivity index is 1.84. The minimum atomic E-state index is 0.160.